The molecule has 2 heterocycles. The number of H-pyrrole nitrogens is 1. The molecule has 10 nitrogen and oxygen atoms in total. The van der Waals surface area contributed by atoms with Gasteiger partial charge in [0.05, 0.1) is 10.6 Å². The van der Waals surface area contributed by atoms with Gasteiger partial charge >= 0.3 is 6.03 Å². The zero-order valence-corrected chi connectivity index (χ0v) is 27.4. The molecule has 246 valence electrons. The van der Waals surface area contributed by atoms with Crippen molar-refractivity contribution in [1.29, 1.82) is 0 Å². The maximum atomic E-state index is 14.1. The van der Waals surface area contributed by atoms with Crippen molar-refractivity contribution in [3.8, 4) is 17.2 Å². The van der Waals surface area contributed by atoms with E-state index in [0.717, 1.165) is 42.1 Å². The Bertz CT molecular complexity index is 1810. The monoisotopic (exact) mass is 657 g/mol. The van der Waals surface area contributed by atoms with Crippen LogP contribution in [0, 0.1) is 11.8 Å². The van der Waals surface area contributed by atoms with Crippen LogP contribution in [-0.4, -0.2) is 75.9 Å². The number of urea groups is 1. The highest BCUT2D eigenvalue weighted by Gasteiger charge is 2.46. The summed E-state index contributed by atoms with van der Waals surface area (Å²) in [5.41, 5.74) is 8.88. The number of amides is 4. The normalized spacial score (nSPS) is 19.9. The summed E-state index contributed by atoms with van der Waals surface area (Å²) >= 11 is 6.08. The highest BCUT2D eigenvalue weighted by atomic mass is 35.5. The number of aromatic amines is 1. The zero-order chi connectivity index (χ0) is 33.2. The number of imide groups is 1. The molecule has 4 aromatic rings. The Morgan fingerprint density at radius 1 is 1.09 bits per heavy atom. The van der Waals surface area contributed by atoms with Crippen molar-refractivity contribution >= 4 is 40.3 Å². The lowest BCUT2D eigenvalue weighted by Gasteiger charge is -2.30. The van der Waals surface area contributed by atoms with E-state index in [2.05, 4.69) is 4.98 Å². The van der Waals surface area contributed by atoms with Crippen molar-refractivity contribution in [2.45, 2.75) is 44.7 Å². The molecule has 4 amide bonds. The summed E-state index contributed by atoms with van der Waals surface area (Å²) in [6.45, 7) is 1.12. The number of benzene rings is 3. The summed E-state index contributed by atoms with van der Waals surface area (Å²) in [7, 11) is 3.29. The van der Waals surface area contributed by atoms with Crippen LogP contribution in [-0.2, 0) is 17.8 Å². The van der Waals surface area contributed by atoms with Gasteiger partial charge in [0, 0.05) is 56.8 Å². The van der Waals surface area contributed by atoms with Crippen LogP contribution in [0.15, 0.2) is 66.9 Å². The van der Waals surface area contributed by atoms with Crippen molar-refractivity contribution in [2.75, 3.05) is 27.2 Å². The van der Waals surface area contributed by atoms with Gasteiger partial charge in [0.25, 0.3) is 11.8 Å². The largest absolute Gasteiger partial charge is 0.506 e. The summed E-state index contributed by atoms with van der Waals surface area (Å²) in [6, 6.07) is 16.5. The smallest absolute Gasteiger partial charge is 0.327 e. The van der Waals surface area contributed by atoms with E-state index in [1.165, 1.54) is 21.9 Å². The molecule has 1 aromatic heterocycles. The van der Waals surface area contributed by atoms with Crippen molar-refractivity contribution in [3.05, 3.63) is 88.6 Å². The standard InChI is InChI=1S/C36H40ClN5O5/c1-40(2)34(44)28-15-24(10-13-33(28)47-26-11-12-32(43)29(37)17-26)20-41-31(16-25-19-39-30-9-4-3-8-27(25)30)35(45)42(36(41)46)21-23-7-5-6-22(14-23)18-38/h3-4,8-13,15,17,19,22-23,31,39,43H,5-7,14,16,18,20-21,38H2,1-2H3/t22-,23+,31-/m0/s1. The maximum absolute atomic E-state index is 14.1. The number of hydrogen-bond acceptors (Lipinski definition) is 6. The number of carbonyl (C=O) groups excluding carboxylic acids is 3. The van der Waals surface area contributed by atoms with E-state index in [1.807, 2.05) is 30.5 Å². The SMILES string of the molecule is CN(C)C(=O)c1cc(CN2C(=O)N(C[C@@H]3CCC[C@H](CN)C3)C(=O)[C@@H]2Cc2c[nH]c3ccccc23)ccc1Oc1ccc(O)c(Cl)c1. The lowest BCUT2D eigenvalue weighted by atomic mass is 9.81. The van der Waals surface area contributed by atoms with Gasteiger partial charge in [-0.3, -0.25) is 14.5 Å². The van der Waals surface area contributed by atoms with Crippen molar-refractivity contribution in [1.82, 2.24) is 19.7 Å². The van der Waals surface area contributed by atoms with Crippen LogP contribution >= 0.6 is 11.6 Å². The summed E-state index contributed by atoms with van der Waals surface area (Å²) in [4.78, 5) is 49.3. The van der Waals surface area contributed by atoms with Gasteiger partial charge in [0.1, 0.15) is 23.3 Å². The number of aromatic nitrogens is 1. The average Bonchev–Trinajstić information content (AvgIpc) is 3.57. The molecule has 0 unspecified atom stereocenters. The van der Waals surface area contributed by atoms with Gasteiger partial charge in [0.15, 0.2) is 0 Å². The molecule has 0 radical (unpaired) electrons. The molecule has 0 bridgehead atoms. The van der Waals surface area contributed by atoms with Gasteiger partial charge in [-0.2, -0.15) is 0 Å². The fraction of sp³-hybridized carbons (Fsp3) is 0.361. The minimum absolute atomic E-state index is 0.0808. The summed E-state index contributed by atoms with van der Waals surface area (Å²) in [5, 5.41) is 10.9. The first kappa shape index (κ1) is 32.4. The second-order valence-electron chi connectivity index (χ2n) is 12.8. The Balaban J connectivity index is 1.31. The van der Waals surface area contributed by atoms with E-state index in [1.54, 1.807) is 43.3 Å². The fourth-order valence-corrected chi connectivity index (χ4v) is 7.01. The van der Waals surface area contributed by atoms with Crippen LogP contribution in [0.25, 0.3) is 10.9 Å². The number of nitrogens with zero attached hydrogens (tertiary/aromatic N) is 3. The van der Waals surface area contributed by atoms with Crippen LogP contribution in [0.5, 0.6) is 17.2 Å². The predicted octanol–water partition coefficient (Wildman–Crippen LogP) is 6.16. The number of hydrogen-bond donors (Lipinski definition) is 3. The first-order chi connectivity index (χ1) is 22.6. The first-order valence-corrected chi connectivity index (χ1v) is 16.4. The molecule has 0 spiro atoms. The van der Waals surface area contributed by atoms with E-state index in [9.17, 15) is 19.5 Å². The molecule has 47 heavy (non-hydrogen) atoms. The Kier molecular flexibility index (Phi) is 9.42. The fourth-order valence-electron chi connectivity index (χ4n) is 6.84. The number of carbonyl (C=O) groups is 3. The van der Waals surface area contributed by atoms with Crippen LogP contribution in [0.2, 0.25) is 5.02 Å². The van der Waals surface area contributed by atoms with Crippen LogP contribution < -0.4 is 10.5 Å². The van der Waals surface area contributed by atoms with Crippen LogP contribution in [0.1, 0.15) is 47.2 Å². The molecule has 2 aliphatic rings. The molecule has 1 aliphatic heterocycles. The van der Waals surface area contributed by atoms with Crippen molar-refractivity contribution in [2.24, 2.45) is 17.6 Å². The van der Waals surface area contributed by atoms with E-state index < -0.39 is 6.04 Å². The Labute approximate surface area is 279 Å². The van der Waals surface area contributed by atoms with Gasteiger partial charge in [-0.25, -0.2) is 4.79 Å². The van der Waals surface area contributed by atoms with Crippen molar-refractivity contribution < 1.29 is 24.2 Å². The second kappa shape index (κ2) is 13.7. The second-order valence-corrected chi connectivity index (χ2v) is 13.2. The number of para-hydroxylation sites is 1. The van der Waals surface area contributed by atoms with Gasteiger partial charge in [-0.15, -0.1) is 0 Å². The molecule has 2 fully saturated rings. The topological polar surface area (TPSA) is 132 Å². The molecule has 6 rings (SSSR count). The lowest BCUT2D eigenvalue weighted by molar-refractivity contribution is -0.128. The predicted molar refractivity (Wildman–Crippen MR) is 181 cm³/mol. The van der Waals surface area contributed by atoms with Crippen LogP contribution in [0.4, 0.5) is 4.79 Å². The number of nitrogens with one attached hydrogen (secondary N) is 1. The van der Waals surface area contributed by atoms with Crippen molar-refractivity contribution in [3.63, 3.8) is 0 Å². The Hall–Kier alpha value is -4.54. The highest BCUT2D eigenvalue weighted by molar-refractivity contribution is 6.32. The third-order valence-corrected chi connectivity index (χ3v) is 9.64. The molecular weight excluding hydrogens is 618 g/mol. The summed E-state index contributed by atoms with van der Waals surface area (Å²) in [5.74, 6) is 0.689. The van der Waals surface area contributed by atoms with E-state index >= 15 is 0 Å². The molecular formula is C36H40ClN5O5. The third kappa shape index (κ3) is 6.80. The molecule has 4 N–H and O–H groups in total. The minimum atomic E-state index is -0.710. The Morgan fingerprint density at radius 3 is 2.64 bits per heavy atom. The maximum Gasteiger partial charge on any atom is 0.327 e. The number of rotatable bonds is 10. The number of halogens is 1. The van der Waals surface area contributed by atoms with Gasteiger partial charge in [-0.05, 0) is 79.1 Å². The molecule has 11 heteroatoms. The number of aromatic hydroxyl groups is 1. The summed E-state index contributed by atoms with van der Waals surface area (Å²) < 4.78 is 6.03. The molecule has 3 aromatic carbocycles. The Morgan fingerprint density at radius 2 is 1.87 bits per heavy atom. The van der Waals surface area contributed by atoms with E-state index in [4.69, 9.17) is 22.1 Å². The van der Waals surface area contributed by atoms with E-state index in [-0.39, 0.29) is 46.6 Å². The number of phenolic OH excluding ortho intramolecular Hbond substituents is 1. The summed E-state index contributed by atoms with van der Waals surface area (Å²) in [6.07, 6.45) is 6.25. The number of nitrogens with two attached hydrogens (primary N) is 1. The average molecular weight is 658 g/mol. The minimum Gasteiger partial charge on any atom is -0.506 e. The number of ether oxygens (including phenoxy) is 1. The van der Waals surface area contributed by atoms with Gasteiger partial charge in [-0.1, -0.05) is 42.3 Å². The quantitative estimate of drug-likeness (QED) is 0.175. The highest BCUT2D eigenvalue weighted by Crippen LogP contribution is 2.35. The van der Waals surface area contributed by atoms with Gasteiger partial charge in [0.2, 0.25) is 0 Å². The third-order valence-electron chi connectivity index (χ3n) is 9.34. The molecule has 1 aliphatic carbocycles. The zero-order valence-electron chi connectivity index (χ0n) is 26.6. The number of fused-ring (bicyclic) bond motifs is 1. The van der Waals surface area contributed by atoms with Gasteiger partial charge < -0.3 is 30.4 Å². The molecule has 3 atom stereocenters. The van der Waals surface area contributed by atoms with Crippen LogP contribution in [0.3, 0.4) is 0 Å². The number of phenols is 1. The molecule has 1 saturated heterocycles. The lowest BCUT2D eigenvalue weighted by Crippen LogP contribution is -2.38. The molecule has 1 saturated carbocycles. The first-order valence-electron chi connectivity index (χ1n) is 16.0. The van der Waals surface area contributed by atoms with E-state index in [0.29, 0.717) is 42.5 Å².